The molecule has 2 amide bonds. The lowest BCUT2D eigenvalue weighted by molar-refractivity contribution is -0.132. The summed E-state index contributed by atoms with van der Waals surface area (Å²) < 4.78 is 10.6. The summed E-state index contributed by atoms with van der Waals surface area (Å²) in [7, 11) is 0. The Kier molecular flexibility index (Phi) is 5.76. The summed E-state index contributed by atoms with van der Waals surface area (Å²) >= 11 is 1.26. The number of nitrogens with one attached hydrogen (secondary N) is 1. The summed E-state index contributed by atoms with van der Waals surface area (Å²) in [6.45, 7) is 0.941. The third kappa shape index (κ3) is 4.37. The first-order chi connectivity index (χ1) is 15.2. The van der Waals surface area contributed by atoms with E-state index >= 15 is 0 Å². The summed E-state index contributed by atoms with van der Waals surface area (Å²) in [5.41, 5.74) is 0.607. The van der Waals surface area contributed by atoms with E-state index in [1.54, 1.807) is 18.2 Å². The molecular weight excluding hydrogens is 416 g/mol. The molecule has 3 aliphatic rings. The topological polar surface area (TPSA) is 93.7 Å². The zero-order valence-corrected chi connectivity index (χ0v) is 18.2. The maximum Gasteiger partial charge on any atom is 0.286 e. The van der Waals surface area contributed by atoms with Gasteiger partial charge in [-0.25, -0.2) is 0 Å². The molecule has 8 nitrogen and oxygen atoms in total. The lowest BCUT2D eigenvalue weighted by Gasteiger charge is -2.23. The van der Waals surface area contributed by atoms with Crippen molar-refractivity contribution < 1.29 is 19.1 Å². The van der Waals surface area contributed by atoms with Crippen molar-refractivity contribution in [1.82, 2.24) is 15.1 Å². The molecule has 2 aromatic rings. The minimum atomic E-state index is -0.320. The fourth-order valence-corrected chi connectivity index (χ4v) is 5.60. The Bertz CT molecular complexity index is 972. The van der Waals surface area contributed by atoms with E-state index in [9.17, 15) is 9.59 Å². The van der Waals surface area contributed by atoms with E-state index < -0.39 is 0 Å². The van der Waals surface area contributed by atoms with Gasteiger partial charge in [-0.3, -0.25) is 9.59 Å². The van der Waals surface area contributed by atoms with Crippen LogP contribution in [-0.2, 0) is 4.79 Å². The van der Waals surface area contributed by atoms with Crippen LogP contribution in [0.1, 0.15) is 72.2 Å². The van der Waals surface area contributed by atoms with Crippen LogP contribution in [0.15, 0.2) is 18.2 Å². The molecule has 1 aliphatic carbocycles. The van der Waals surface area contributed by atoms with Gasteiger partial charge < -0.3 is 19.7 Å². The van der Waals surface area contributed by atoms with Gasteiger partial charge in [-0.15, -0.1) is 10.2 Å². The van der Waals surface area contributed by atoms with Gasteiger partial charge in [0.15, 0.2) is 11.5 Å². The van der Waals surface area contributed by atoms with E-state index in [0.29, 0.717) is 29.5 Å². The molecule has 2 aliphatic heterocycles. The van der Waals surface area contributed by atoms with Gasteiger partial charge in [-0.05, 0) is 37.3 Å². The van der Waals surface area contributed by atoms with E-state index in [1.807, 2.05) is 4.90 Å². The largest absolute Gasteiger partial charge is 0.454 e. The molecule has 1 aromatic heterocycles. The first-order valence-corrected chi connectivity index (χ1v) is 11.8. The van der Waals surface area contributed by atoms with Crippen molar-refractivity contribution in [3.8, 4) is 11.5 Å². The molecule has 1 N–H and O–H groups in total. The normalized spacial score (nSPS) is 20.4. The van der Waals surface area contributed by atoms with Crippen LogP contribution in [0.4, 0.5) is 5.69 Å². The van der Waals surface area contributed by atoms with Crippen molar-refractivity contribution in [2.24, 2.45) is 5.92 Å². The molecule has 1 atom stereocenters. The SMILES string of the molecule is O=C(Nc1ccc2c(c1)OCO2)c1nnc([C@@H]2CCCN2C(=O)CCC2CCCC2)s1. The van der Waals surface area contributed by atoms with Crippen LogP contribution in [0.3, 0.4) is 0 Å². The van der Waals surface area contributed by atoms with E-state index in [0.717, 1.165) is 30.8 Å². The van der Waals surface area contributed by atoms with Crippen molar-refractivity contribution in [3.63, 3.8) is 0 Å². The van der Waals surface area contributed by atoms with Crippen LogP contribution in [0, 0.1) is 5.92 Å². The Morgan fingerprint density at radius 2 is 1.94 bits per heavy atom. The average Bonchev–Trinajstić information content (AvgIpc) is 3.57. The number of carbonyl (C=O) groups is 2. The second kappa shape index (κ2) is 8.82. The van der Waals surface area contributed by atoms with Crippen LogP contribution >= 0.6 is 11.3 Å². The first kappa shape index (κ1) is 20.2. The Morgan fingerprint density at radius 3 is 2.81 bits per heavy atom. The van der Waals surface area contributed by atoms with E-state index in [2.05, 4.69) is 15.5 Å². The third-order valence-corrected chi connectivity index (χ3v) is 7.39. The highest BCUT2D eigenvalue weighted by Gasteiger charge is 2.33. The number of aromatic nitrogens is 2. The molecule has 31 heavy (non-hydrogen) atoms. The van der Waals surface area contributed by atoms with Gasteiger partial charge in [0.25, 0.3) is 5.91 Å². The smallest absolute Gasteiger partial charge is 0.286 e. The van der Waals surface area contributed by atoms with Crippen molar-refractivity contribution in [2.45, 2.75) is 57.4 Å². The van der Waals surface area contributed by atoms with Gasteiger partial charge in [-0.1, -0.05) is 37.0 Å². The quantitative estimate of drug-likeness (QED) is 0.722. The van der Waals surface area contributed by atoms with E-state index in [-0.39, 0.29) is 29.7 Å². The molecule has 0 unspecified atom stereocenters. The highest BCUT2D eigenvalue weighted by Crippen LogP contribution is 2.36. The minimum Gasteiger partial charge on any atom is -0.454 e. The third-order valence-electron chi connectivity index (χ3n) is 6.36. The molecule has 164 valence electrons. The Hall–Kier alpha value is -2.68. The van der Waals surface area contributed by atoms with Gasteiger partial charge in [0.05, 0.1) is 6.04 Å². The van der Waals surface area contributed by atoms with Gasteiger partial charge in [0.2, 0.25) is 17.7 Å². The fourth-order valence-electron chi connectivity index (χ4n) is 4.71. The van der Waals surface area contributed by atoms with Gasteiger partial charge >= 0.3 is 0 Å². The van der Waals surface area contributed by atoms with Crippen LogP contribution < -0.4 is 14.8 Å². The predicted octanol–water partition coefficient (Wildman–Crippen LogP) is 4.15. The van der Waals surface area contributed by atoms with Crippen LogP contribution in [0.25, 0.3) is 0 Å². The number of amides is 2. The molecule has 1 saturated heterocycles. The maximum absolute atomic E-state index is 12.8. The van der Waals surface area contributed by atoms with Crippen molar-refractivity contribution in [1.29, 1.82) is 0 Å². The van der Waals surface area contributed by atoms with Gasteiger partial charge in [-0.2, -0.15) is 0 Å². The summed E-state index contributed by atoms with van der Waals surface area (Å²) in [6.07, 6.45) is 8.54. The van der Waals surface area contributed by atoms with Crippen molar-refractivity contribution in [2.75, 3.05) is 18.7 Å². The number of fused-ring (bicyclic) bond motifs is 1. The summed E-state index contributed by atoms with van der Waals surface area (Å²) in [4.78, 5) is 27.4. The summed E-state index contributed by atoms with van der Waals surface area (Å²) in [6, 6.07) is 5.18. The minimum absolute atomic E-state index is 0.0688. The number of ether oxygens (including phenoxy) is 2. The molecule has 1 saturated carbocycles. The van der Waals surface area contributed by atoms with Crippen molar-refractivity contribution in [3.05, 3.63) is 28.2 Å². The molecular formula is C22H26N4O4S. The van der Waals surface area contributed by atoms with Gasteiger partial charge in [0, 0.05) is 24.7 Å². The second-order valence-corrected chi connectivity index (χ2v) is 9.41. The zero-order valence-electron chi connectivity index (χ0n) is 17.3. The number of carbonyl (C=O) groups excluding carboxylic acids is 2. The molecule has 2 fully saturated rings. The second-order valence-electron chi connectivity index (χ2n) is 8.40. The number of anilines is 1. The maximum atomic E-state index is 12.8. The molecule has 0 bridgehead atoms. The summed E-state index contributed by atoms with van der Waals surface area (Å²) in [5.74, 6) is 1.86. The first-order valence-electron chi connectivity index (χ1n) is 11.0. The van der Waals surface area contributed by atoms with E-state index in [4.69, 9.17) is 9.47 Å². The van der Waals surface area contributed by atoms with Crippen LogP contribution in [0.2, 0.25) is 0 Å². The molecule has 5 rings (SSSR count). The lowest BCUT2D eigenvalue weighted by Crippen LogP contribution is -2.30. The van der Waals surface area contributed by atoms with Crippen LogP contribution in [-0.4, -0.2) is 40.2 Å². The number of nitrogens with zero attached hydrogens (tertiary/aromatic N) is 3. The van der Waals surface area contributed by atoms with Gasteiger partial charge in [0.1, 0.15) is 5.01 Å². The number of benzene rings is 1. The Morgan fingerprint density at radius 1 is 1.10 bits per heavy atom. The Balaban J connectivity index is 1.21. The highest BCUT2D eigenvalue weighted by atomic mass is 32.1. The molecule has 3 heterocycles. The zero-order chi connectivity index (χ0) is 21.2. The number of likely N-dealkylation sites (tertiary alicyclic amines) is 1. The Labute approximate surface area is 184 Å². The summed E-state index contributed by atoms with van der Waals surface area (Å²) in [5, 5.41) is 12.2. The molecule has 1 aromatic carbocycles. The van der Waals surface area contributed by atoms with Crippen LogP contribution in [0.5, 0.6) is 11.5 Å². The highest BCUT2D eigenvalue weighted by molar-refractivity contribution is 7.13. The average molecular weight is 443 g/mol. The number of hydrogen-bond acceptors (Lipinski definition) is 7. The fraction of sp³-hybridized carbons (Fsp3) is 0.545. The molecule has 0 radical (unpaired) electrons. The number of rotatable bonds is 6. The molecule has 0 spiro atoms. The molecule has 9 heteroatoms. The standard InChI is InChI=1S/C22H26N4O4S/c27-19(10-7-14-4-1-2-5-14)26-11-3-6-16(26)21-24-25-22(31-21)20(28)23-15-8-9-17-18(12-15)30-13-29-17/h8-9,12,14,16H,1-7,10-11,13H2,(H,23,28)/t16-/m0/s1. The monoisotopic (exact) mass is 442 g/mol. The predicted molar refractivity (Wildman–Crippen MR) is 115 cm³/mol. The van der Waals surface area contributed by atoms with E-state index in [1.165, 1.54) is 37.0 Å². The number of hydrogen-bond donors (Lipinski definition) is 1. The van der Waals surface area contributed by atoms with Crippen molar-refractivity contribution >= 4 is 28.8 Å². The lowest BCUT2D eigenvalue weighted by atomic mass is 10.0.